The third-order valence-corrected chi connectivity index (χ3v) is 4.15. The second-order valence-corrected chi connectivity index (χ2v) is 5.66. The maximum atomic E-state index is 13.7. The smallest absolute Gasteiger partial charge is 0.269 e. The van der Waals surface area contributed by atoms with Crippen LogP contribution in [-0.4, -0.2) is 24.1 Å². The predicted octanol–water partition coefficient (Wildman–Crippen LogP) is 3.81. The van der Waals surface area contributed by atoms with Crippen molar-refractivity contribution in [2.75, 3.05) is 23.3 Å². The Balaban J connectivity index is 1.58. The molecule has 1 aliphatic heterocycles. The Morgan fingerprint density at radius 3 is 2.35 bits per heavy atom. The third-order valence-electron chi connectivity index (χ3n) is 4.15. The molecule has 3 rings (SSSR count). The van der Waals surface area contributed by atoms with E-state index in [4.69, 9.17) is 0 Å². The summed E-state index contributed by atoms with van der Waals surface area (Å²) < 4.78 is 13.7. The first-order valence-electron chi connectivity index (χ1n) is 7.64. The lowest BCUT2D eigenvalue weighted by Gasteiger charge is -2.34. The van der Waals surface area contributed by atoms with Crippen molar-refractivity contribution >= 4 is 17.1 Å². The van der Waals surface area contributed by atoms with Gasteiger partial charge in [0.05, 0.1) is 10.6 Å². The van der Waals surface area contributed by atoms with Crippen LogP contribution in [0.15, 0.2) is 48.5 Å². The van der Waals surface area contributed by atoms with Crippen LogP contribution in [0.25, 0.3) is 0 Å². The Morgan fingerprint density at radius 2 is 1.74 bits per heavy atom. The first-order valence-corrected chi connectivity index (χ1v) is 7.64. The fourth-order valence-electron chi connectivity index (χ4n) is 2.87. The van der Waals surface area contributed by atoms with Crippen molar-refractivity contribution < 1.29 is 9.31 Å². The normalized spacial score (nSPS) is 15.4. The number of nitro groups is 1. The van der Waals surface area contributed by atoms with E-state index in [-0.39, 0.29) is 17.5 Å². The number of para-hydroxylation sites is 1. The molecule has 6 heteroatoms. The summed E-state index contributed by atoms with van der Waals surface area (Å²) >= 11 is 0. The average molecular weight is 315 g/mol. The average Bonchev–Trinajstić information content (AvgIpc) is 2.58. The van der Waals surface area contributed by atoms with E-state index in [9.17, 15) is 14.5 Å². The molecule has 1 N–H and O–H groups in total. The zero-order valence-electron chi connectivity index (χ0n) is 12.6. The molecule has 5 nitrogen and oxygen atoms in total. The quantitative estimate of drug-likeness (QED) is 0.688. The Morgan fingerprint density at radius 1 is 1.09 bits per heavy atom. The van der Waals surface area contributed by atoms with Crippen molar-refractivity contribution in [3.05, 3.63) is 64.5 Å². The van der Waals surface area contributed by atoms with Crippen LogP contribution >= 0.6 is 0 Å². The summed E-state index contributed by atoms with van der Waals surface area (Å²) in [4.78, 5) is 12.5. The van der Waals surface area contributed by atoms with E-state index < -0.39 is 4.92 Å². The molecule has 2 aromatic carbocycles. The number of nitrogens with zero attached hydrogens (tertiary/aromatic N) is 2. The molecule has 1 saturated heterocycles. The summed E-state index contributed by atoms with van der Waals surface area (Å²) in [6.07, 6.45) is 1.79. The summed E-state index contributed by atoms with van der Waals surface area (Å²) in [5, 5.41) is 13.9. The molecule has 0 aromatic heterocycles. The lowest BCUT2D eigenvalue weighted by molar-refractivity contribution is -0.384. The van der Waals surface area contributed by atoms with Crippen LogP contribution in [-0.2, 0) is 0 Å². The van der Waals surface area contributed by atoms with Gasteiger partial charge < -0.3 is 10.2 Å². The van der Waals surface area contributed by atoms with Gasteiger partial charge in [-0.15, -0.1) is 0 Å². The number of anilines is 2. The summed E-state index contributed by atoms with van der Waals surface area (Å²) in [6.45, 7) is 1.67. The highest BCUT2D eigenvalue weighted by Crippen LogP contribution is 2.24. The highest BCUT2D eigenvalue weighted by Gasteiger charge is 2.20. The van der Waals surface area contributed by atoms with E-state index in [1.165, 1.54) is 18.2 Å². The van der Waals surface area contributed by atoms with Crippen LogP contribution < -0.4 is 10.2 Å². The number of benzene rings is 2. The lowest BCUT2D eigenvalue weighted by atomic mass is 10.0. The van der Waals surface area contributed by atoms with E-state index in [1.807, 2.05) is 6.07 Å². The van der Waals surface area contributed by atoms with Gasteiger partial charge in [-0.2, -0.15) is 0 Å². The SMILES string of the molecule is O=[N+]([O-])c1ccc(N2CCC(Nc3ccccc3F)CC2)cc1. The Bertz CT molecular complexity index is 682. The molecule has 0 spiro atoms. The minimum absolute atomic E-state index is 0.102. The molecule has 0 amide bonds. The molecule has 0 aliphatic carbocycles. The number of hydrogen-bond acceptors (Lipinski definition) is 4. The topological polar surface area (TPSA) is 58.4 Å². The van der Waals surface area contributed by atoms with E-state index in [0.717, 1.165) is 31.6 Å². The molecule has 0 saturated carbocycles. The molecule has 0 radical (unpaired) electrons. The second kappa shape index (κ2) is 6.64. The van der Waals surface area contributed by atoms with Crippen LogP contribution in [0.2, 0.25) is 0 Å². The van der Waals surface area contributed by atoms with Gasteiger partial charge in [0, 0.05) is 37.0 Å². The van der Waals surface area contributed by atoms with Crippen molar-refractivity contribution in [2.24, 2.45) is 0 Å². The summed E-state index contributed by atoms with van der Waals surface area (Å²) in [6, 6.07) is 13.5. The molecule has 1 aliphatic rings. The van der Waals surface area contributed by atoms with E-state index in [1.54, 1.807) is 24.3 Å². The van der Waals surface area contributed by atoms with Crippen molar-refractivity contribution in [3.63, 3.8) is 0 Å². The number of nitrogens with one attached hydrogen (secondary N) is 1. The molecule has 0 bridgehead atoms. The second-order valence-electron chi connectivity index (χ2n) is 5.66. The van der Waals surface area contributed by atoms with Crippen LogP contribution in [0.3, 0.4) is 0 Å². The van der Waals surface area contributed by atoms with Crippen molar-refractivity contribution in [1.82, 2.24) is 0 Å². The van der Waals surface area contributed by atoms with Gasteiger partial charge in [0.15, 0.2) is 0 Å². The highest BCUT2D eigenvalue weighted by atomic mass is 19.1. The first kappa shape index (κ1) is 15.3. The van der Waals surface area contributed by atoms with Gasteiger partial charge in [0.25, 0.3) is 5.69 Å². The van der Waals surface area contributed by atoms with Crippen LogP contribution in [0, 0.1) is 15.9 Å². The Kier molecular flexibility index (Phi) is 4.41. The molecular formula is C17H18FN3O2. The van der Waals surface area contributed by atoms with E-state index in [2.05, 4.69) is 10.2 Å². The molecule has 0 unspecified atom stereocenters. The number of non-ortho nitro benzene ring substituents is 1. The van der Waals surface area contributed by atoms with Gasteiger partial charge in [-0.05, 0) is 37.1 Å². The number of halogens is 1. The zero-order chi connectivity index (χ0) is 16.2. The summed E-state index contributed by atoms with van der Waals surface area (Å²) in [5.41, 5.74) is 1.63. The lowest BCUT2D eigenvalue weighted by Crippen LogP contribution is -2.39. The third kappa shape index (κ3) is 3.59. The fourth-order valence-corrected chi connectivity index (χ4v) is 2.87. The maximum Gasteiger partial charge on any atom is 0.269 e. The Hall–Kier alpha value is -2.63. The number of nitro benzene ring substituents is 1. The van der Waals surface area contributed by atoms with Crippen molar-refractivity contribution in [1.29, 1.82) is 0 Å². The maximum absolute atomic E-state index is 13.7. The monoisotopic (exact) mass is 315 g/mol. The number of hydrogen-bond donors (Lipinski definition) is 1. The van der Waals surface area contributed by atoms with Gasteiger partial charge in [-0.3, -0.25) is 10.1 Å². The standard InChI is InChI=1S/C17H18FN3O2/c18-16-3-1-2-4-17(16)19-13-9-11-20(12-10-13)14-5-7-15(8-6-14)21(22)23/h1-8,13,19H,9-12H2. The van der Waals surface area contributed by atoms with E-state index >= 15 is 0 Å². The molecular weight excluding hydrogens is 297 g/mol. The number of rotatable bonds is 4. The minimum atomic E-state index is -0.395. The first-order chi connectivity index (χ1) is 11.1. The predicted molar refractivity (Wildman–Crippen MR) is 88.4 cm³/mol. The number of piperidine rings is 1. The molecule has 23 heavy (non-hydrogen) atoms. The minimum Gasteiger partial charge on any atom is -0.380 e. The van der Waals surface area contributed by atoms with Crippen molar-refractivity contribution in [3.8, 4) is 0 Å². The molecule has 1 fully saturated rings. The molecule has 120 valence electrons. The van der Waals surface area contributed by atoms with E-state index in [0.29, 0.717) is 5.69 Å². The van der Waals surface area contributed by atoms with Gasteiger partial charge >= 0.3 is 0 Å². The van der Waals surface area contributed by atoms with Gasteiger partial charge in [-0.1, -0.05) is 12.1 Å². The summed E-state index contributed by atoms with van der Waals surface area (Å²) in [7, 11) is 0. The van der Waals surface area contributed by atoms with Gasteiger partial charge in [-0.25, -0.2) is 4.39 Å². The molecule has 1 heterocycles. The largest absolute Gasteiger partial charge is 0.380 e. The molecule has 2 aromatic rings. The van der Waals surface area contributed by atoms with Gasteiger partial charge in [0.1, 0.15) is 5.82 Å². The van der Waals surface area contributed by atoms with Crippen molar-refractivity contribution in [2.45, 2.75) is 18.9 Å². The van der Waals surface area contributed by atoms with Gasteiger partial charge in [0.2, 0.25) is 0 Å². The summed E-state index contributed by atoms with van der Waals surface area (Å²) in [5.74, 6) is -0.231. The van der Waals surface area contributed by atoms with Crippen LogP contribution in [0.1, 0.15) is 12.8 Å². The highest BCUT2D eigenvalue weighted by molar-refractivity contribution is 5.51. The zero-order valence-corrected chi connectivity index (χ0v) is 12.6. The Labute approximate surface area is 133 Å². The molecule has 0 atom stereocenters. The van der Waals surface area contributed by atoms with Crippen LogP contribution in [0.4, 0.5) is 21.5 Å². The van der Waals surface area contributed by atoms with Crippen LogP contribution in [0.5, 0.6) is 0 Å². The fraction of sp³-hybridized carbons (Fsp3) is 0.294.